The van der Waals surface area contributed by atoms with E-state index in [0.717, 1.165) is 17.8 Å². The van der Waals surface area contributed by atoms with E-state index in [-0.39, 0.29) is 17.0 Å². The lowest BCUT2D eigenvalue weighted by Crippen LogP contribution is -2.38. The largest absolute Gasteiger partial charge is 0.327 e. The molecule has 2 aromatic rings. The van der Waals surface area contributed by atoms with E-state index in [2.05, 4.69) is 64.3 Å². The zero-order valence-corrected chi connectivity index (χ0v) is 13.6. The van der Waals surface area contributed by atoms with Gasteiger partial charge >= 0.3 is 0 Å². The Morgan fingerprint density at radius 1 is 1.10 bits per heavy atom. The summed E-state index contributed by atoms with van der Waals surface area (Å²) in [6.07, 6.45) is 0.801. The normalized spacial score (nSPS) is 14.8. The maximum atomic E-state index is 6.36. The van der Waals surface area contributed by atoms with Gasteiger partial charge in [0.05, 0.1) is 11.0 Å². The number of rotatable bonds is 2. The zero-order valence-electron chi connectivity index (χ0n) is 13.6. The molecule has 3 nitrogen and oxygen atoms in total. The first-order chi connectivity index (χ1) is 9.10. The van der Waals surface area contributed by atoms with E-state index in [4.69, 9.17) is 10.7 Å². The van der Waals surface area contributed by atoms with Gasteiger partial charge < -0.3 is 10.3 Å². The lowest BCUT2D eigenvalue weighted by atomic mass is 9.85. The van der Waals surface area contributed by atoms with Crippen LogP contribution in [0.15, 0.2) is 24.3 Å². The smallest absolute Gasteiger partial charge is 0.111 e. The lowest BCUT2D eigenvalue weighted by molar-refractivity contribution is 0.304. The summed E-state index contributed by atoms with van der Waals surface area (Å²) < 4.78 is 2.33. The second-order valence-corrected chi connectivity index (χ2v) is 7.70. The van der Waals surface area contributed by atoms with Gasteiger partial charge in [-0.15, -0.1) is 0 Å². The van der Waals surface area contributed by atoms with Crippen molar-refractivity contribution in [3.05, 3.63) is 30.1 Å². The highest BCUT2D eigenvalue weighted by molar-refractivity contribution is 5.76. The minimum Gasteiger partial charge on any atom is -0.327 e. The van der Waals surface area contributed by atoms with Crippen molar-refractivity contribution in [3.8, 4) is 0 Å². The van der Waals surface area contributed by atoms with Crippen LogP contribution in [0.3, 0.4) is 0 Å². The average Bonchev–Trinajstić information content (AvgIpc) is 2.64. The molecule has 0 spiro atoms. The first-order valence-electron chi connectivity index (χ1n) is 7.33. The Hall–Kier alpha value is -1.35. The molecule has 1 heterocycles. The summed E-state index contributed by atoms with van der Waals surface area (Å²) in [6.45, 7) is 13.2. The average molecular weight is 273 g/mol. The molecule has 1 aromatic heterocycles. The first-order valence-corrected chi connectivity index (χ1v) is 7.33. The van der Waals surface area contributed by atoms with Crippen LogP contribution in [0.1, 0.15) is 47.4 Å². The summed E-state index contributed by atoms with van der Waals surface area (Å²) in [6, 6.07) is 8.42. The summed E-state index contributed by atoms with van der Waals surface area (Å²) in [5.41, 5.74) is 8.70. The minimum absolute atomic E-state index is 0.00302. The molecular formula is C17H27N3. The predicted octanol–water partition coefficient (Wildman–Crippen LogP) is 3.71. The van der Waals surface area contributed by atoms with Crippen molar-refractivity contribution in [2.24, 2.45) is 11.1 Å². The highest BCUT2D eigenvalue weighted by atomic mass is 15.1. The third-order valence-electron chi connectivity index (χ3n) is 3.82. The van der Waals surface area contributed by atoms with Gasteiger partial charge in [0.1, 0.15) is 5.82 Å². The number of benzene rings is 1. The van der Waals surface area contributed by atoms with Crippen molar-refractivity contribution >= 4 is 11.0 Å². The monoisotopic (exact) mass is 273 g/mol. The fourth-order valence-corrected chi connectivity index (χ4v) is 2.46. The van der Waals surface area contributed by atoms with Gasteiger partial charge in [0, 0.05) is 18.0 Å². The highest BCUT2D eigenvalue weighted by Gasteiger charge is 2.26. The van der Waals surface area contributed by atoms with Gasteiger partial charge in [-0.05, 0) is 38.3 Å². The SMILES string of the molecule is CC(C)(C)C(N)Cc1nc2ccccc2n1C(C)(C)C. The predicted molar refractivity (Wildman–Crippen MR) is 85.9 cm³/mol. The quantitative estimate of drug-likeness (QED) is 0.906. The van der Waals surface area contributed by atoms with Crippen molar-refractivity contribution in [1.29, 1.82) is 0 Å². The van der Waals surface area contributed by atoms with Crippen LogP contribution in [0.5, 0.6) is 0 Å². The molecule has 110 valence electrons. The molecule has 0 fully saturated rings. The van der Waals surface area contributed by atoms with Crippen molar-refractivity contribution < 1.29 is 0 Å². The van der Waals surface area contributed by atoms with Gasteiger partial charge in [0.2, 0.25) is 0 Å². The number of fused-ring (bicyclic) bond motifs is 1. The van der Waals surface area contributed by atoms with E-state index >= 15 is 0 Å². The van der Waals surface area contributed by atoms with Crippen LogP contribution in [-0.2, 0) is 12.0 Å². The van der Waals surface area contributed by atoms with Crippen LogP contribution in [0.25, 0.3) is 11.0 Å². The van der Waals surface area contributed by atoms with Gasteiger partial charge in [-0.2, -0.15) is 0 Å². The molecule has 20 heavy (non-hydrogen) atoms. The molecule has 2 rings (SSSR count). The summed E-state index contributed by atoms with van der Waals surface area (Å²) in [4.78, 5) is 4.82. The number of nitrogens with zero attached hydrogens (tertiary/aromatic N) is 2. The Morgan fingerprint density at radius 3 is 2.25 bits per heavy atom. The van der Waals surface area contributed by atoms with E-state index in [1.165, 1.54) is 5.52 Å². The number of imidazole rings is 1. The zero-order chi connectivity index (χ0) is 15.1. The van der Waals surface area contributed by atoms with Gasteiger partial charge in [0.25, 0.3) is 0 Å². The van der Waals surface area contributed by atoms with Gasteiger partial charge in [-0.1, -0.05) is 32.9 Å². The molecule has 0 saturated heterocycles. The minimum atomic E-state index is 0.00302. The van der Waals surface area contributed by atoms with Gasteiger partial charge in [-0.3, -0.25) is 0 Å². The highest BCUT2D eigenvalue weighted by Crippen LogP contribution is 2.28. The van der Waals surface area contributed by atoms with E-state index in [0.29, 0.717) is 0 Å². The standard InChI is InChI=1S/C17H27N3/c1-16(2,3)14(18)11-15-19-12-9-7-8-10-13(12)20(15)17(4,5)6/h7-10,14H,11,18H2,1-6H3. The molecule has 0 radical (unpaired) electrons. The second kappa shape index (κ2) is 4.88. The van der Waals surface area contributed by atoms with Gasteiger partial charge in [0.15, 0.2) is 0 Å². The van der Waals surface area contributed by atoms with Crippen LogP contribution < -0.4 is 5.73 Å². The molecule has 1 atom stereocenters. The number of hydrogen-bond donors (Lipinski definition) is 1. The second-order valence-electron chi connectivity index (χ2n) is 7.70. The molecular weight excluding hydrogens is 246 g/mol. The molecule has 3 heteroatoms. The molecule has 1 aromatic carbocycles. The topological polar surface area (TPSA) is 43.8 Å². The number of para-hydroxylation sites is 2. The van der Waals surface area contributed by atoms with Crippen molar-refractivity contribution in [3.63, 3.8) is 0 Å². The number of aromatic nitrogens is 2. The molecule has 0 bridgehead atoms. The molecule has 0 amide bonds. The lowest BCUT2D eigenvalue weighted by Gasteiger charge is -2.30. The van der Waals surface area contributed by atoms with Crippen LogP contribution in [0.4, 0.5) is 0 Å². The van der Waals surface area contributed by atoms with Crippen LogP contribution in [0.2, 0.25) is 0 Å². The molecule has 0 aliphatic rings. The van der Waals surface area contributed by atoms with Crippen molar-refractivity contribution in [2.45, 2.75) is 59.5 Å². The number of hydrogen-bond acceptors (Lipinski definition) is 2. The van der Waals surface area contributed by atoms with E-state index in [9.17, 15) is 0 Å². The molecule has 0 aliphatic carbocycles. The maximum Gasteiger partial charge on any atom is 0.111 e. The summed E-state index contributed by atoms with van der Waals surface area (Å²) >= 11 is 0. The Morgan fingerprint density at radius 2 is 1.70 bits per heavy atom. The van der Waals surface area contributed by atoms with Crippen LogP contribution in [-0.4, -0.2) is 15.6 Å². The third kappa shape index (κ3) is 2.88. The molecule has 0 saturated carbocycles. The van der Waals surface area contributed by atoms with E-state index < -0.39 is 0 Å². The fraction of sp³-hybridized carbons (Fsp3) is 0.588. The van der Waals surface area contributed by atoms with E-state index in [1.54, 1.807) is 0 Å². The summed E-state index contributed by atoms with van der Waals surface area (Å²) in [5.74, 6) is 1.08. The third-order valence-corrected chi connectivity index (χ3v) is 3.82. The number of nitrogens with two attached hydrogens (primary N) is 1. The van der Waals surface area contributed by atoms with Gasteiger partial charge in [-0.25, -0.2) is 4.98 Å². The van der Waals surface area contributed by atoms with Crippen LogP contribution in [0, 0.1) is 5.41 Å². The molecule has 2 N–H and O–H groups in total. The Kier molecular flexibility index (Phi) is 3.67. The van der Waals surface area contributed by atoms with Crippen molar-refractivity contribution in [1.82, 2.24) is 9.55 Å². The maximum absolute atomic E-state index is 6.36. The fourth-order valence-electron chi connectivity index (χ4n) is 2.46. The molecule has 1 unspecified atom stereocenters. The Bertz CT molecular complexity index is 597. The molecule has 0 aliphatic heterocycles. The summed E-state index contributed by atoms with van der Waals surface area (Å²) in [5, 5.41) is 0. The van der Waals surface area contributed by atoms with E-state index in [1.807, 2.05) is 6.07 Å². The Labute approximate surface area is 122 Å². The van der Waals surface area contributed by atoms with Crippen molar-refractivity contribution in [2.75, 3.05) is 0 Å². The Balaban J connectivity index is 2.53. The van der Waals surface area contributed by atoms with Crippen LogP contribution >= 0.6 is 0 Å². The first kappa shape index (κ1) is 15.0. The summed E-state index contributed by atoms with van der Waals surface area (Å²) in [7, 11) is 0.